The molecule has 0 spiro atoms. The van der Waals surface area contributed by atoms with Crippen molar-refractivity contribution in [2.75, 3.05) is 13.1 Å². The van der Waals surface area contributed by atoms with E-state index in [2.05, 4.69) is 19.2 Å². The molecule has 0 bridgehead atoms. The Balaban J connectivity index is 2.32. The third-order valence-corrected chi connectivity index (χ3v) is 3.70. The van der Waals surface area contributed by atoms with E-state index in [0.717, 1.165) is 12.8 Å². The number of aliphatic hydroxyl groups excluding tert-OH is 1. The van der Waals surface area contributed by atoms with E-state index in [1.54, 1.807) is 0 Å². The first-order valence-electron chi connectivity index (χ1n) is 6.22. The Hall–Kier alpha value is -0.330. The first kappa shape index (κ1) is 15.7. The van der Waals surface area contributed by atoms with E-state index >= 15 is 0 Å². The van der Waals surface area contributed by atoms with Crippen LogP contribution < -0.4 is 5.32 Å². The van der Waals surface area contributed by atoms with Gasteiger partial charge >= 0.3 is 6.18 Å². The second kappa shape index (κ2) is 5.35. The van der Waals surface area contributed by atoms with Crippen LogP contribution in [-0.2, 0) is 0 Å². The lowest BCUT2D eigenvalue weighted by atomic mass is 9.71. The number of halogens is 3. The van der Waals surface area contributed by atoms with Crippen LogP contribution in [0.1, 0.15) is 39.5 Å². The van der Waals surface area contributed by atoms with E-state index in [0.29, 0.717) is 12.8 Å². The molecule has 0 aromatic rings. The number of nitrogens with one attached hydrogen (secondary N) is 1. The molecule has 0 aromatic heterocycles. The van der Waals surface area contributed by atoms with Gasteiger partial charge < -0.3 is 15.5 Å². The summed E-state index contributed by atoms with van der Waals surface area (Å²) in [5.41, 5.74) is -0.751. The fourth-order valence-electron chi connectivity index (χ4n) is 2.13. The van der Waals surface area contributed by atoms with Crippen LogP contribution in [0.15, 0.2) is 0 Å². The predicted octanol–water partition coefficient (Wildman–Crippen LogP) is 1.83. The molecule has 0 radical (unpaired) electrons. The van der Waals surface area contributed by atoms with Crippen LogP contribution in [0, 0.1) is 5.41 Å². The Kier molecular flexibility index (Phi) is 4.67. The van der Waals surface area contributed by atoms with E-state index in [4.69, 9.17) is 5.11 Å². The molecule has 6 heteroatoms. The van der Waals surface area contributed by atoms with Gasteiger partial charge in [-0.1, -0.05) is 13.8 Å². The van der Waals surface area contributed by atoms with Gasteiger partial charge in [0.15, 0.2) is 6.10 Å². The summed E-state index contributed by atoms with van der Waals surface area (Å²) in [7, 11) is 0. The van der Waals surface area contributed by atoms with Crippen molar-refractivity contribution in [3.8, 4) is 0 Å². The van der Waals surface area contributed by atoms with Gasteiger partial charge in [0.25, 0.3) is 0 Å². The molecule has 3 N–H and O–H groups in total. The summed E-state index contributed by atoms with van der Waals surface area (Å²) >= 11 is 0. The van der Waals surface area contributed by atoms with Crippen molar-refractivity contribution in [1.29, 1.82) is 0 Å². The minimum Gasteiger partial charge on any atom is -0.389 e. The highest BCUT2D eigenvalue weighted by Crippen LogP contribution is 2.39. The lowest BCUT2D eigenvalue weighted by Crippen LogP contribution is -2.48. The van der Waals surface area contributed by atoms with Crippen molar-refractivity contribution in [3.05, 3.63) is 0 Å². The van der Waals surface area contributed by atoms with Gasteiger partial charge in [0.1, 0.15) is 0 Å². The number of aliphatic hydroxyl groups is 2. The van der Waals surface area contributed by atoms with Gasteiger partial charge in [0.05, 0.1) is 5.60 Å². The van der Waals surface area contributed by atoms with Crippen LogP contribution in [0.5, 0.6) is 0 Å². The average molecular weight is 269 g/mol. The summed E-state index contributed by atoms with van der Waals surface area (Å²) in [6.07, 6.45) is -4.12. The standard InChI is InChI=1S/C12H22F3NO2/c1-10(2)3-5-11(18,6-4-10)8-16-7-9(17)12(13,14)15/h9,16-18H,3-8H2,1-2H3. The number of rotatable bonds is 4. The average Bonchev–Trinajstić information content (AvgIpc) is 2.22. The quantitative estimate of drug-likeness (QED) is 0.730. The molecule has 1 aliphatic rings. The van der Waals surface area contributed by atoms with Crippen LogP contribution in [0.25, 0.3) is 0 Å². The Morgan fingerprint density at radius 2 is 1.67 bits per heavy atom. The fourth-order valence-corrected chi connectivity index (χ4v) is 2.13. The predicted molar refractivity (Wildman–Crippen MR) is 62.1 cm³/mol. The highest BCUT2D eigenvalue weighted by molar-refractivity contribution is 4.90. The van der Waals surface area contributed by atoms with Crippen LogP contribution in [0.3, 0.4) is 0 Å². The normalized spacial score (nSPS) is 24.8. The summed E-state index contributed by atoms with van der Waals surface area (Å²) < 4.78 is 36.2. The molecule has 0 aliphatic heterocycles. The zero-order chi connectivity index (χ0) is 14.0. The van der Waals surface area contributed by atoms with Crippen LogP contribution >= 0.6 is 0 Å². The minimum atomic E-state index is -4.61. The van der Waals surface area contributed by atoms with Crippen molar-refractivity contribution >= 4 is 0 Å². The van der Waals surface area contributed by atoms with Crippen LogP contribution in [0.2, 0.25) is 0 Å². The SMILES string of the molecule is CC1(C)CCC(O)(CNCC(O)C(F)(F)F)CC1. The monoisotopic (exact) mass is 269 g/mol. The minimum absolute atomic E-state index is 0.0935. The molecule has 18 heavy (non-hydrogen) atoms. The molecule has 0 amide bonds. The molecule has 3 nitrogen and oxygen atoms in total. The zero-order valence-corrected chi connectivity index (χ0v) is 10.8. The van der Waals surface area contributed by atoms with Gasteiger partial charge in [-0.2, -0.15) is 13.2 Å². The van der Waals surface area contributed by atoms with Crippen LogP contribution in [-0.4, -0.2) is 41.2 Å². The van der Waals surface area contributed by atoms with Crippen LogP contribution in [0.4, 0.5) is 13.2 Å². The van der Waals surface area contributed by atoms with Crippen molar-refractivity contribution in [3.63, 3.8) is 0 Å². The number of alkyl halides is 3. The molecule has 1 unspecified atom stereocenters. The van der Waals surface area contributed by atoms with Gasteiger partial charge in [0, 0.05) is 13.1 Å². The van der Waals surface area contributed by atoms with Crippen molar-refractivity contribution in [1.82, 2.24) is 5.32 Å². The molecule has 1 aliphatic carbocycles. The van der Waals surface area contributed by atoms with E-state index in [-0.39, 0.29) is 12.0 Å². The number of hydrogen-bond donors (Lipinski definition) is 3. The smallest absolute Gasteiger partial charge is 0.389 e. The maximum Gasteiger partial charge on any atom is 0.415 e. The van der Waals surface area contributed by atoms with Crippen molar-refractivity contribution in [2.24, 2.45) is 5.41 Å². The number of hydrogen-bond acceptors (Lipinski definition) is 3. The summed E-state index contributed by atoms with van der Waals surface area (Å²) in [5.74, 6) is 0. The van der Waals surface area contributed by atoms with E-state index in [1.165, 1.54) is 0 Å². The molecular weight excluding hydrogens is 247 g/mol. The van der Waals surface area contributed by atoms with E-state index in [9.17, 15) is 18.3 Å². The summed E-state index contributed by atoms with van der Waals surface area (Å²) in [6, 6.07) is 0. The third kappa shape index (κ3) is 4.74. The zero-order valence-electron chi connectivity index (χ0n) is 10.8. The van der Waals surface area contributed by atoms with Gasteiger partial charge in [-0.25, -0.2) is 0 Å². The van der Waals surface area contributed by atoms with Gasteiger partial charge in [-0.05, 0) is 31.1 Å². The molecule has 1 fully saturated rings. The summed E-state index contributed by atoms with van der Waals surface area (Å²) in [4.78, 5) is 0. The third-order valence-electron chi connectivity index (χ3n) is 3.70. The Bertz CT molecular complexity index is 269. The molecule has 1 saturated carbocycles. The highest BCUT2D eigenvalue weighted by atomic mass is 19.4. The largest absolute Gasteiger partial charge is 0.415 e. The van der Waals surface area contributed by atoms with Gasteiger partial charge in [-0.15, -0.1) is 0 Å². The van der Waals surface area contributed by atoms with E-state index in [1.807, 2.05) is 0 Å². The summed E-state index contributed by atoms with van der Waals surface area (Å²) in [5, 5.41) is 21.5. The molecule has 108 valence electrons. The lowest BCUT2D eigenvalue weighted by molar-refractivity contribution is -0.202. The molecule has 1 rings (SSSR count). The molecule has 0 saturated heterocycles. The van der Waals surface area contributed by atoms with Crippen molar-refractivity contribution < 1.29 is 23.4 Å². The first-order valence-corrected chi connectivity index (χ1v) is 6.22. The lowest BCUT2D eigenvalue weighted by Gasteiger charge is -2.40. The molecular formula is C12H22F3NO2. The second-order valence-electron chi connectivity index (χ2n) is 6.08. The Labute approximate surface area is 105 Å². The van der Waals surface area contributed by atoms with Crippen molar-refractivity contribution in [2.45, 2.75) is 57.4 Å². The van der Waals surface area contributed by atoms with Gasteiger partial charge in [-0.3, -0.25) is 0 Å². The topological polar surface area (TPSA) is 52.5 Å². The maximum atomic E-state index is 12.1. The van der Waals surface area contributed by atoms with Gasteiger partial charge in [0.2, 0.25) is 0 Å². The highest BCUT2D eigenvalue weighted by Gasteiger charge is 2.39. The first-order chi connectivity index (χ1) is 8.04. The van der Waals surface area contributed by atoms with E-state index < -0.39 is 24.4 Å². The maximum absolute atomic E-state index is 12.1. The molecule has 0 aromatic carbocycles. The Morgan fingerprint density at radius 3 is 2.11 bits per heavy atom. The fraction of sp³-hybridized carbons (Fsp3) is 1.00. The summed E-state index contributed by atoms with van der Waals surface area (Å²) in [6.45, 7) is 3.76. The second-order valence-corrected chi connectivity index (χ2v) is 6.08. The Morgan fingerprint density at radius 1 is 1.17 bits per heavy atom. The molecule has 0 heterocycles. The molecule has 1 atom stereocenters.